The van der Waals surface area contributed by atoms with E-state index < -0.39 is 0 Å². The second-order valence-electron chi connectivity index (χ2n) is 19.3. The number of benzene rings is 5. The van der Waals surface area contributed by atoms with Gasteiger partial charge in [-0.1, -0.05) is 67.8 Å². The van der Waals surface area contributed by atoms with E-state index in [1.807, 2.05) is 0 Å². The molecule has 0 amide bonds. The topological polar surface area (TPSA) is 31.6 Å². The molecule has 0 radical (unpaired) electrons. The van der Waals surface area contributed by atoms with Crippen LogP contribution in [0.25, 0.3) is 22.3 Å². The molecule has 7 aromatic rings. The highest BCUT2D eigenvalue weighted by Crippen LogP contribution is 2.52. The van der Waals surface area contributed by atoms with Crippen LogP contribution in [0, 0.1) is 0 Å². The van der Waals surface area contributed by atoms with Crippen LogP contribution in [0.2, 0.25) is 0 Å². The summed E-state index contributed by atoms with van der Waals surface area (Å²) in [5, 5.41) is 1.40. The van der Waals surface area contributed by atoms with Crippen molar-refractivity contribution in [3.05, 3.63) is 136 Å². The third-order valence-electron chi connectivity index (χ3n) is 16.1. The second kappa shape index (κ2) is 13.4. The zero-order chi connectivity index (χ0) is 39.8. The van der Waals surface area contributed by atoms with Crippen molar-refractivity contribution in [2.45, 2.75) is 121 Å². The second-order valence-corrected chi connectivity index (χ2v) is 19.3. The van der Waals surface area contributed by atoms with Crippen LogP contribution in [0.4, 0.5) is 11.4 Å². The zero-order valence-electron chi connectivity index (χ0n) is 35.1. The maximum atomic E-state index is 7.28. The number of nitrogens with zero attached hydrogens (tertiary/aromatic N) is 3. The number of rotatable bonds is 3. The average Bonchev–Trinajstić information content (AvgIpc) is 3.86. The number of ether oxygens (including phenoxy) is 2. The fraction of sp³-hybridized carbons (Fsp3) is 0.345. The summed E-state index contributed by atoms with van der Waals surface area (Å²) >= 11 is 0. The lowest BCUT2D eigenvalue weighted by Crippen LogP contribution is -2.57. The van der Waals surface area contributed by atoms with Crippen molar-refractivity contribution in [3.8, 4) is 34.4 Å². The van der Waals surface area contributed by atoms with Crippen LogP contribution in [0.1, 0.15) is 116 Å². The van der Waals surface area contributed by atoms with E-state index in [-0.39, 0.29) is 6.71 Å². The Balaban J connectivity index is 0.960. The molecular weight excluding hydrogens is 745 g/mol. The molecule has 302 valence electrons. The van der Waals surface area contributed by atoms with Gasteiger partial charge in [-0.2, -0.15) is 0 Å². The number of para-hydroxylation sites is 2. The molecule has 5 aromatic carbocycles. The third kappa shape index (κ3) is 5.08. The standard InChI is InChI=1S/C55H52BN3O2/c1-2-14-37-42-19-8-13-25-50(42)59(49(37)20-3-1)36-32-53-55-54(33-36)61-52-31-35(58-47-23-11-6-17-40(47)41-18-7-12-24-48(41)58)27-29-44(52)56(55)43-28-26-34(30-51(43)60-53)57-45-21-9-4-15-38(45)39-16-5-10-22-46(39)57/h4,8-9,13,15,19,21,25-33,37,49H,1-3,5-7,10-12,14,16-18,20,22-24H2. The van der Waals surface area contributed by atoms with Crippen molar-refractivity contribution >= 4 is 45.4 Å². The molecule has 14 rings (SSSR count). The Hall–Kier alpha value is -5.62. The van der Waals surface area contributed by atoms with Gasteiger partial charge in [0.05, 0.1) is 5.52 Å². The van der Waals surface area contributed by atoms with Crippen LogP contribution in [-0.2, 0) is 38.5 Å². The first-order chi connectivity index (χ1) is 30.3. The molecular formula is C55H52BN3O2. The minimum absolute atomic E-state index is 0.00829. The van der Waals surface area contributed by atoms with Crippen molar-refractivity contribution in [1.82, 2.24) is 9.13 Å². The smallest absolute Gasteiger partial charge is 0.260 e. The maximum Gasteiger partial charge on any atom is 0.260 e. The highest BCUT2D eigenvalue weighted by Gasteiger charge is 2.44. The number of hydrogen-bond donors (Lipinski definition) is 0. The van der Waals surface area contributed by atoms with Crippen LogP contribution in [0.15, 0.2) is 97.1 Å². The monoisotopic (exact) mass is 797 g/mol. The zero-order valence-corrected chi connectivity index (χ0v) is 35.1. The van der Waals surface area contributed by atoms with E-state index in [0.29, 0.717) is 12.0 Å². The molecule has 1 saturated carbocycles. The van der Waals surface area contributed by atoms with Crippen LogP contribution in [0.3, 0.4) is 0 Å². The molecule has 5 nitrogen and oxygen atoms in total. The van der Waals surface area contributed by atoms with Gasteiger partial charge in [0.2, 0.25) is 0 Å². The molecule has 0 bridgehead atoms. The molecule has 2 atom stereocenters. The van der Waals surface area contributed by atoms with Gasteiger partial charge in [0.1, 0.15) is 23.0 Å². The lowest BCUT2D eigenvalue weighted by molar-refractivity contribution is 0.463. The van der Waals surface area contributed by atoms with Gasteiger partial charge in [0.25, 0.3) is 6.71 Å². The molecule has 0 N–H and O–H groups in total. The number of fused-ring (bicyclic) bond motifs is 13. The van der Waals surface area contributed by atoms with Gasteiger partial charge in [-0.25, -0.2) is 0 Å². The van der Waals surface area contributed by atoms with Gasteiger partial charge in [-0.15, -0.1) is 0 Å². The first-order valence-corrected chi connectivity index (χ1v) is 23.8. The van der Waals surface area contributed by atoms with E-state index in [4.69, 9.17) is 9.47 Å². The van der Waals surface area contributed by atoms with E-state index in [9.17, 15) is 0 Å². The molecule has 2 aromatic heterocycles. The lowest BCUT2D eigenvalue weighted by atomic mass is 9.35. The van der Waals surface area contributed by atoms with Crippen LogP contribution in [0.5, 0.6) is 23.0 Å². The Bertz CT molecular complexity index is 2940. The van der Waals surface area contributed by atoms with Gasteiger partial charge in [0.15, 0.2) is 0 Å². The predicted molar refractivity (Wildman–Crippen MR) is 248 cm³/mol. The van der Waals surface area contributed by atoms with Crippen molar-refractivity contribution in [2.75, 3.05) is 4.90 Å². The van der Waals surface area contributed by atoms with Crippen LogP contribution in [-0.4, -0.2) is 21.9 Å². The molecule has 6 heteroatoms. The molecule has 1 fully saturated rings. The van der Waals surface area contributed by atoms with E-state index in [0.717, 1.165) is 41.3 Å². The average molecular weight is 798 g/mol. The first-order valence-electron chi connectivity index (χ1n) is 23.8. The highest BCUT2D eigenvalue weighted by molar-refractivity contribution is 6.98. The largest absolute Gasteiger partial charge is 0.458 e. The minimum Gasteiger partial charge on any atom is -0.458 e. The van der Waals surface area contributed by atoms with E-state index >= 15 is 0 Å². The molecule has 0 saturated heterocycles. The number of hydrogen-bond acceptors (Lipinski definition) is 3. The fourth-order valence-electron chi connectivity index (χ4n) is 13.6. The van der Waals surface area contributed by atoms with Crippen molar-refractivity contribution in [2.24, 2.45) is 0 Å². The summed E-state index contributed by atoms with van der Waals surface area (Å²) in [5.74, 6) is 4.36. The fourth-order valence-corrected chi connectivity index (χ4v) is 13.6. The molecule has 2 unspecified atom stereocenters. The number of anilines is 2. The van der Waals surface area contributed by atoms with Gasteiger partial charge >= 0.3 is 0 Å². The summed E-state index contributed by atoms with van der Waals surface area (Å²) in [6, 6.07) is 37.7. The summed E-state index contributed by atoms with van der Waals surface area (Å²) in [6.07, 6.45) is 21.1. The van der Waals surface area contributed by atoms with E-state index in [1.165, 1.54) is 158 Å². The summed E-state index contributed by atoms with van der Waals surface area (Å²) in [7, 11) is 0. The summed E-state index contributed by atoms with van der Waals surface area (Å²) in [4.78, 5) is 2.67. The Kier molecular flexibility index (Phi) is 7.72. The van der Waals surface area contributed by atoms with Crippen LogP contribution >= 0.6 is 0 Å². The Morgan fingerprint density at radius 2 is 1.05 bits per heavy atom. The van der Waals surface area contributed by atoms with Gasteiger partial charge in [-0.3, -0.25) is 0 Å². The van der Waals surface area contributed by atoms with Crippen LogP contribution < -0.4 is 30.8 Å². The first kappa shape index (κ1) is 35.0. The molecule has 3 aliphatic heterocycles. The van der Waals surface area contributed by atoms with Crippen molar-refractivity contribution in [1.29, 1.82) is 0 Å². The molecule has 4 aliphatic carbocycles. The molecule has 0 spiro atoms. The lowest BCUT2D eigenvalue weighted by Gasteiger charge is -2.36. The summed E-state index contributed by atoms with van der Waals surface area (Å²) in [5.41, 5.74) is 20.9. The minimum atomic E-state index is 0.00829. The molecule has 7 aliphatic rings. The predicted octanol–water partition coefficient (Wildman–Crippen LogP) is 11.4. The Labute approximate surface area is 359 Å². The quantitative estimate of drug-likeness (QED) is 0.167. The van der Waals surface area contributed by atoms with Gasteiger partial charge < -0.3 is 23.5 Å². The maximum absolute atomic E-state index is 7.28. The van der Waals surface area contributed by atoms with E-state index in [2.05, 4.69) is 111 Å². The summed E-state index contributed by atoms with van der Waals surface area (Å²) < 4.78 is 19.8. The SMILES string of the molecule is c1ccc2c(c1)C1CCCCCC1N2c1cc2c3c(c1)Oc1cc(-n4c5c(c6ccccc64)CCCC5)ccc1B3c1ccc(-n3c4c(c5c3CCCC5)CCCC4)cc1O2. The Morgan fingerprint density at radius 3 is 1.77 bits per heavy atom. The molecule has 5 heterocycles. The van der Waals surface area contributed by atoms with E-state index in [1.54, 1.807) is 22.5 Å². The number of aromatic nitrogens is 2. The number of aryl methyl sites for hydroxylation is 1. The normalized spacial score (nSPS) is 20.5. The highest BCUT2D eigenvalue weighted by atomic mass is 16.5. The van der Waals surface area contributed by atoms with Gasteiger partial charge in [-0.05, 0) is 147 Å². The Morgan fingerprint density at radius 1 is 0.475 bits per heavy atom. The van der Waals surface area contributed by atoms with Crippen molar-refractivity contribution < 1.29 is 9.47 Å². The van der Waals surface area contributed by atoms with Crippen molar-refractivity contribution in [3.63, 3.8) is 0 Å². The molecule has 61 heavy (non-hydrogen) atoms. The summed E-state index contributed by atoms with van der Waals surface area (Å²) in [6.45, 7) is 0.00829. The third-order valence-corrected chi connectivity index (χ3v) is 16.1. The van der Waals surface area contributed by atoms with Gasteiger partial charge in [0, 0.05) is 86.9 Å².